The lowest BCUT2D eigenvalue weighted by atomic mass is 10.1. The van der Waals surface area contributed by atoms with E-state index in [0.29, 0.717) is 10.6 Å². The van der Waals surface area contributed by atoms with Crippen molar-refractivity contribution in [2.45, 2.75) is 26.8 Å². The molecule has 140 valence electrons. The van der Waals surface area contributed by atoms with Crippen molar-refractivity contribution in [3.8, 4) is 11.3 Å². The second kappa shape index (κ2) is 8.07. The number of thiazole rings is 1. The first-order valence-corrected chi connectivity index (χ1v) is 10.6. The number of carbonyl (C=O) groups is 2. The molecule has 1 aromatic heterocycles. The minimum atomic E-state index is -3.55. The summed E-state index contributed by atoms with van der Waals surface area (Å²) >= 11 is 1.07. The van der Waals surface area contributed by atoms with Crippen LogP contribution in [0.5, 0.6) is 0 Å². The average Bonchev–Trinajstić information content (AvgIpc) is 2.96. The van der Waals surface area contributed by atoms with Crippen LogP contribution < -0.4 is 10.0 Å². The summed E-state index contributed by atoms with van der Waals surface area (Å²) in [5.74, 6) is -0.934. The average molecular weight is 396 g/mol. The maximum atomic E-state index is 12.5. The van der Waals surface area contributed by atoms with Gasteiger partial charge in [0, 0.05) is 12.5 Å². The first-order valence-electron chi connectivity index (χ1n) is 7.94. The molecule has 0 fully saturated rings. The van der Waals surface area contributed by atoms with Gasteiger partial charge < -0.3 is 5.32 Å². The van der Waals surface area contributed by atoms with Crippen molar-refractivity contribution >= 4 is 38.2 Å². The van der Waals surface area contributed by atoms with Gasteiger partial charge in [-0.15, -0.1) is 0 Å². The highest BCUT2D eigenvalue weighted by molar-refractivity contribution is 7.88. The summed E-state index contributed by atoms with van der Waals surface area (Å²) in [6.45, 7) is 4.91. The maximum absolute atomic E-state index is 12.5. The molecule has 26 heavy (non-hydrogen) atoms. The van der Waals surface area contributed by atoms with E-state index in [1.807, 2.05) is 30.3 Å². The van der Waals surface area contributed by atoms with Crippen LogP contribution >= 0.6 is 11.3 Å². The molecule has 1 atom stereocenters. The molecule has 2 aromatic rings. The largest absolute Gasteiger partial charge is 0.301 e. The highest BCUT2D eigenvalue weighted by Gasteiger charge is 2.27. The fourth-order valence-electron chi connectivity index (χ4n) is 2.31. The molecule has 0 aliphatic rings. The third kappa shape index (κ3) is 5.20. The number of nitrogens with one attached hydrogen (secondary N) is 2. The van der Waals surface area contributed by atoms with E-state index < -0.39 is 22.0 Å². The normalized spacial score (nSPS) is 12.8. The quantitative estimate of drug-likeness (QED) is 0.701. The zero-order chi connectivity index (χ0) is 19.5. The Morgan fingerprint density at radius 2 is 1.77 bits per heavy atom. The molecular formula is C17H21N3O4S2. The van der Waals surface area contributed by atoms with Gasteiger partial charge in [-0.05, 0) is 5.92 Å². The Hall–Kier alpha value is -2.10. The molecule has 1 heterocycles. The number of sulfonamides is 1. The highest BCUT2D eigenvalue weighted by Crippen LogP contribution is 2.31. The number of amides is 1. The van der Waals surface area contributed by atoms with Crippen LogP contribution in [-0.4, -0.2) is 37.4 Å². The van der Waals surface area contributed by atoms with Gasteiger partial charge >= 0.3 is 0 Å². The second-order valence-corrected chi connectivity index (χ2v) is 9.00. The molecule has 2 N–H and O–H groups in total. The first-order chi connectivity index (χ1) is 12.1. The lowest BCUT2D eigenvalue weighted by molar-refractivity contribution is -0.118. The van der Waals surface area contributed by atoms with Gasteiger partial charge in [-0.3, -0.25) is 9.59 Å². The summed E-state index contributed by atoms with van der Waals surface area (Å²) in [5.41, 5.74) is 1.26. The van der Waals surface area contributed by atoms with E-state index in [-0.39, 0.29) is 16.8 Å². The Morgan fingerprint density at radius 3 is 2.27 bits per heavy atom. The first kappa shape index (κ1) is 20.2. The molecule has 1 aromatic carbocycles. The number of hydrogen-bond acceptors (Lipinski definition) is 6. The van der Waals surface area contributed by atoms with Gasteiger partial charge in [-0.25, -0.2) is 18.1 Å². The van der Waals surface area contributed by atoms with Crippen molar-refractivity contribution in [1.29, 1.82) is 0 Å². The number of Topliss-reactive ketones (excluding diaryl/α,β-unsaturated/α-hetero) is 1. The summed E-state index contributed by atoms with van der Waals surface area (Å²) in [6, 6.07) is 8.25. The van der Waals surface area contributed by atoms with E-state index in [9.17, 15) is 18.0 Å². The molecule has 1 amide bonds. The van der Waals surface area contributed by atoms with E-state index in [1.165, 1.54) is 6.92 Å². The van der Waals surface area contributed by atoms with Crippen LogP contribution in [0, 0.1) is 5.92 Å². The number of ketones is 1. The molecule has 7 nitrogen and oxygen atoms in total. The summed E-state index contributed by atoms with van der Waals surface area (Å²) in [7, 11) is -3.55. The van der Waals surface area contributed by atoms with E-state index in [0.717, 1.165) is 23.2 Å². The molecule has 0 aliphatic carbocycles. The summed E-state index contributed by atoms with van der Waals surface area (Å²) in [4.78, 5) is 29.2. The van der Waals surface area contributed by atoms with Crippen molar-refractivity contribution < 1.29 is 18.0 Å². The van der Waals surface area contributed by atoms with Gasteiger partial charge in [0.15, 0.2) is 10.9 Å². The second-order valence-electron chi connectivity index (χ2n) is 6.22. The van der Waals surface area contributed by atoms with Crippen LogP contribution in [-0.2, 0) is 14.8 Å². The molecule has 0 radical (unpaired) electrons. The molecular weight excluding hydrogens is 374 g/mol. The lowest BCUT2D eigenvalue weighted by Gasteiger charge is -2.19. The third-order valence-corrected chi connectivity index (χ3v) is 5.27. The van der Waals surface area contributed by atoms with Crippen molar-refractivity contribution in [2.24, 2.45) is 5.92 Å². The molecule has 0 saturated heterocycles. The molecule has 2 rings (SSSR count). The van der Waals surface area contributed by atoms with Crippen molar-refractivity contribution in [3.63, 3.8) is 0 Å². The van der Waals surface area contributed by atoms with Crippen molar-refractivity contribution in [3.05, 3.63) is 35.2 Å². The topological polar surface area (TPSA) is 105 Å². The zero-order valence-electron chi connectivity index (χ0n) is 14.9. The minimum absolute atomic E-state index is 0.156. The van der Waals surface area contributed by atoms with E-state index in [1.54, 1.807) is 13.8 Å². The van der Waals surface area contributed by atoms with Gasteiger partial charge in [0.25, 0.3) is 0 Å². The highest BCUT2D eigenvalue weighted by atomic mass is 32.2. The summed E-state index contributed by atoms with van der Waals surface area (Å²) in [6.07, 6.45) is 1.00. The van der Waals surface area contributed by atoms with Gasteiger partial charge in [0.05, 0.1) is 16.8 Å². The monoisotopic (exact) mass is 395 g/mol. The SMILES string of the molecule is CC(=O)c1sc(NC(=O)C(NS(C)(=O)=O)C(C)C)nc1-c1ccccc1. The standard InChI is InChI=1S/C17H21N3O4S2/c1-10(2)13(20-26(4,23)24)16(22)19-17-18-14(15(25-17)11(3)21)12-8-6-5-7-9-12/h5-10,13,20H,1-4H3,(H,18,19,22). The molecule has 1 unspecified atom stereocenters. The Morgan fingerprint density at radius 1 is 1.15 bits per heavy atom. The number of carbonyl (C=O) groups excluding carboxylic acids is 2. The van der Waals surface area contributed by atoms with Gasteiger partial charge in [0.1, 0.15) is 6.04 Å². The fraction of sp³-hybridized carbons (Fsp3) is 0.353. The van der Waals surface area contributed by atoms with Crippen molar-refractivity contribution in [2.75, 3.05) is 11.6 Å². The van der Waals surface area contributed by atoms with E-state index in [4.69, 9.17) is 0 Å². The van der Waals surface area contributed by atoms with Gasteiger partial charge in [0.2, 0.25) is 15.9 Å². The molecule has 0 spiro atoms. The number of benzene rings is 1. The number of nitrogens with zero attached hydrogens (tertiary/aromatic N) is 1. The zero-order valence-corrected chi connectivity index (χ0v) is 16.6. The number of anilines is 1. The van der Waals surface area contributed by atoms with Gasteiger partial charge in [-0.2, -0.15) is 0 Å². The number of aromatic nitrogens is 1. The minimum Gasteiger partial charge on any atom is -0.301 e. The van der Waals surface area contributed by atoms with E-state index >= 15 is 0 Å². The fourth-order valence-corrected chi connectivity index (χ4v) is 4.04. The Kier molecular flexibility index (Phi) is 6.27. The Labute approximate surface area is 156 Å². The predicted octanol–water partition coefficient (Wildman–Crippen LogP) is 2.53. The molecule has 0 bridgehead atoms. The maximum Gasteiger partial charge on any atom is 0.244 e. The smallest absolute Gasteiger partial charge is 0.244 e. The molecule has 0 aliphatic heterocycles. The Balaban J connectivity index is 2.32. The molecule has 0 saturated carbocycles. The Bertz CT molecular complexity index is 905. The van der Waals surface area contributed by atoms with Crippen LogP contribution in [0.25, 0.3) is 11.3 Å². The van der Waals surface area contributed by atoms with Crippen LogP contribution in [0.2, 0.25) is 0 Å². The van der Waals surface area contributed by atoms with Gasteiger partial charge in [-0.1, -0.05) is 55.5 Å². The summed E-state index contributed by atoms with van der Waals surface area (Å²) in [5, 5.41) is 2.87. The molecule has 9 heteroatoms. The van der Waals surface area contributed by atoms with Crippen LogP contribution in [0.15, 0.2) is 30.3 Å². The number of hydrogen-bond donors (Lipinski definition) is 2. The predicted molar refractivity (Wildman–Crippen MR) is 103 cm³/mol. The van der Waals surface area contributed by atoms with Crippen LogP contribution in [0.4, 0.5) is 5.13 Å². The number of rotatable bonds is 7. The van der Waals surface area contributed by atoms with E-state index in [2.05, 4.69) is 15.0 Å². The van der Waals surface area contributed by atoms with Crippen LogP contribution in [0.1, 0.15) is 30.4 Å². The van der Waals surface area contributed by atoms with Crippen LogP contribution in [0.3, 0.4) is 0 Å². The third-order valence-electron chi connectivity index (χ3n) is 3.51. The van der Waals surface area contributed by atoms with Crippen molar-refractivity contribution in [1.82, 2.24) is 9.71 Å². The summed E-state index contributed by atoms with van der Waals surface area (Å²) < 4.78 is 25.3. The lowest BCUT2D eigenvalue weighted by Crippen LogP contribution is -2.46.